The van der Waals surface area contributed by atoms with Gasteiger partial charge in [-0.2, -0.15) is 9.97 Å². The van der Waals surface area contributed by atoms with Crippen LogP contribution in [0, 0.1) is 0 Å². The lowest BCUT2D eigenvalue weighted by atomic mass is 10.1. The van der Waals surface area contributed by atoms with Gasteiger partial charge in [0, 0.05) is 6.54 Å². The van der Waals surface area contributed by atoms with Gasteiger partial charge in [0.15, 0.2) is 5.65 Å². The quantitative estimate of drug-likeness (QED) is 0.839. The van der Waals surface area contributed by atoms with Crippen molar-refractivity contribution in [2.45, 2.75) is 51.6 Å². The van der Waals surface area contributed by atoms with Gasteiger partial charge in [0.25, 0.3) is 0 Å². The minimum absolute atomic E-state index is 0.258. The number of rotatable bonds is 4. The van der Waals surface area contributed by atoms with Crippen molar-refractivity contribution in [1.29, 1.82) is 0 Å². The number of nitrogens with zero attached hydrogens (tertiary/aromatic N) is 3. The van der Waals surface area contributed by atoms with Crippen LogP contribution in [-0.2, 0) is 0 Å². The summed E-state index contributed by atoms with van der Waals surface area (Å²) in [4.78, 5) is 16.1. The highest BCUT2D eigenvalue weighted by atomic mass is 16.5. The van der Waals surface area contributed by atoms with Crippen molar-refractivity contribution in [1.82, 2.24) is 19.9 Å². The molecule has 0 unspecified atom stereocenters. The predicted molar refractivity (Wildman–Crippen MR) is 78.0 cm³/mol. The van der Waals surface area contributed by atoms with Crippen molar-refractivity contribution in [3.63, 3.8) is 0 Å². The lowest BCUT2D eigenvalue weighted by molar-refractivity contribution is 0.178. The van der Waals surface area contributed by atoms with E-state index in [-0.39, 0.29) is 6.10 Å². The Kier molecular flexibility index (Phi) is 3.99. The van der Waals surface area contributed by atoms with Crippen molar-refractivity contribution in [3.8, 4) is 5.88 Å². The zero-order chi connectivity index (χ0) is 13.8. The van der Waals surface area contributed by atoms with Gasteiger partial charge in [0.1, 0.15) is 11.6 Å². The molecule has 108 valence electrons. The first-order chi connectivity index (χ1) is 9.86. The van der Waals surface area contributed by atoms with Gasteiger partial charge in [-0.05, 0) is 32.6 Å². The summed E-state index contributed by atoms with van der Waals surface area (Å²) in [6.45, 7) is 2.79. The van der Waals surface area contributed by atoms with Gasteiger partial charge in [0.2, 0.25) is 11.8 Å². The fourth-order valence-corrected chi connectivity index (χ4v) is 2.65. The number of H-pyrrole nitrogens is 1. The molecule has 1 aliphatic carbocycles. The Balaban J connectivity index is 1.86. The highest BCUT2D eigenvalue weighted by Gasteiger charge is 2.18. The summed E-state index contributed by atoms with van der Waals surface area (Å²) in [5, 5.41) is 3.12. The maximum absolute atomic E-state index is 6.13. The van der Waals surface area contributed by atoms with E-state index in [0.29, 0.717) is 17.5 Å². The van der Waals surface area contributed by atoms with E-state index in [4.69, 9.17) is 4.74 Å². The molecule has 0 radical (unpaired) electrons. The Hall–Kier alpha value is -1.85. The smallest absolute Gasteiger partial charge is 0.245 e. The molecule has 1 fully saturated rings. The maximum atomic E-state index is 6.13. The number of imidazole rings is 1. The zero-order valence-corrected chi connectivity index (χ0v) is 11.9. The van der Waals surface area contributed by atoms with Gasteiger partial charge in [0.05, 0.1) is 6.33 Å². The summed E-state index contributed by atoms with van der Waals surface area (Å²) < 4.78 is 6.13. The van der Waals surface area contributed by atoms with Crippen LogP contribution in [0.5, 0.6) is 5.88 Å². The number of hydrogen-bond donors (Lipinski definition) is 2. The van der Waals surface area contributed by atoms with Crippen LogP contribution < -0.4 is 10.1 Å². The van der Waals surface area contributed by atoms with Crippen molar-refractivity contribution in [2.24, 2.45) is 0 Å². The monoisotopic (exact) mass is 275 g/mol. The van der Waals surface area contributed by atoms with E-state index >= 15 is 0 Å². The number of aromatic nitrogens is 4. The SMILES string of the molecule is CCNc1nc(OC2CCCCCC2)c2[nH]cnc2n1. The number of hydrogen-bond acceptors (Lipinski definition) is 5. The van der Waals surface area contributed by atoms with Gasteiger partial charge >= 0.3 is 0 Å². The molecule has 0 atom stereocenters. The molecule has 6 heteroatoms. The first kappa shape index (κ1) is 13.1. The average Bonchev–Trinajstić information content (AvgIpc) is 2.77. The molecule has 0 aliphatic heterocycles. The van der Waals surface area contributed by atoms with Crippen LogP contribution in [0.4, 0.5) is 5.95 Å². The van der Waals surface area contributed by atoms with E-state index in [1.54, 1.807) is 6.33 Å². The highest BCUT2D eigenvalue weighted by molar-refractivity contribution is 5.76. The van der Waals surface area contributed by atoms with Crippen molar-refractivity contribution >= 4 is 17.1 Å². The van der Waals surface area contributed by atoms with Gasteiger partial charge in [-0.25, -0.2) is 4.98 Å². The van der Waals surface area contributed by atoms with E-state index in [0.717, 1.165) is 24.9 Å². The standard InChI is InChI=1S/C14H21N5O/c1-2-15-14-18-12-11(16-9-17-12)13(19-14)20-10-7-5-3-4-6-8-10/h9-10H,2-8H2,1H3,(H2,15,16,17,18,19). The number of fused-ring (bicyclic) bond motifs is 1. The molecule has 2 heterocycles. The van der Waals surface area contributed by atoms with Gasteiger partial charge < -0.3 is 15.0 Å². The van der Waals surface area contributed by atoms with E-state index in [2.05, 4.69) is 25.3 Å². The summed E-state index contributed by atoms with van der Waals surface area (Å²) in [6.07, 6.45) is 9.20. The van der Waals surface area contributed by atoms with Crippen molar-refractivity contribution in [2.75, 3.05) is 11.9 Å². The van der Waals surface area contributed by atoms with E-state index < -0.39 is 0 Å². The molecule has 1 saturated carbocycles. The van der Waals surface area contributed by atoms with Gasteiger partial charge in [-0.15, -0.1) is 0 Å². The van der Waals surface area contributed by atoms with Crippen LogP contribution >= 0.6 is 0 Å². The van der Waals surface area contributed by atoms with E-state index in [1.165, 1.54) is 25.7 Å². The normalized spacial score (nSPS) is 17.1. The summed E-state index contributed by atoms with van der Waals surface area (Å²) in [6, 6.07) is 0. The first-order valence-electron chi connectivity index (χ1n) is 7.48. The Morgan fingerprint density at radius 2 is 2.05 bits per heavy atom. The largest absolute Gasteiger partial charge is 0.473 e. The number of aromatic amines is 1. The van der Waals surface area contributed by atoms with Crippen LogP contribution in [0.3, 0.4) is 0 Å². The molecule has 2 aromatic rings. The zero-order valence-electron chi connectivity index (χ0n) is 11.9. The van der Waals surface area contributed by atoms with Crippen molar-refractivity contribution < 1.29 is 4.74 Å². The first-order valence-corrected chi connectivity index (χ1v) is 7.48. The Morgan fingerprint density at radius 1 is 1.25 bits per heavy atom. The molecule has 3 rings (SSSR count). The molecule has 0 spiro atoms. The Labute approximate surface area is 118 Å². The summed E-state index contributed by atoms with van der Waals surface area (Å²) >= 11 is 0. The fraction of sp³-hybridized carbons (Fsp3) is 0.643. The lowest BCUT2D eigenvalue weighted by Gasteiger charge is -2.16. The van der Waals surface area contributed by atoms with E-state index in [1.807, 2.05) is 6.92 Å². The van der Waals surface area contributed by atoms with Crippen LogP contribution in [0.1, 0.15) is 45.4 Å². The molecule has 2 N–H and O–H groups in total. The highest BCUT2D eigenvalue weighted by Crippen LogP contribution is 2.26. The molecule has 0 bridgehead atoms. The fourth-order valence-electron chi connectivity index (χ4n) is 2.65. The number of ether oxygens (including phenoxy) is 1. The van der Waals surface area contributed by atoms with E-state index in [9.17, 15) is 0 Å². The molecule has 0 amide bonds. The Bertz CT molecular complexity index is 560. The second-order valence-electron chi connectivity index (χ2n) is 5.22. The molecule has 1 aliphatic rings. The second kappa shape index (κ2) is 6.07. The third-order valence-electron chi connectivity index (χ3n) is 3.67. The third-order valence-corrected chi connectivity index (χ3v) is 3.67. The molecule has 2 aromatic heterocycles. The lowest BCUT2D eigenvalue weighted by Crippen LogP contribution is -2.17. The molecule has 6 nitrogen and oxygen atoms in total. The number of nitrogens with one attached hydrogen (secondary N) is 2. The van der Waals surface area contributed by atoms with Gasteiger partial charge in [-0.3, -0.25) is 0 Å². The van der Waals surface area contributed by atoms with Gasteiger partial charge in [-0.1, -0.05) is 12.8 Å². The Morgan fingerprint density at radius 3 is 2.80 bits per heavy atom. The van der Waals surface area contributed by atoms with Crippen LogP contribution in [-0.4, -0.2) is 32.6 Å². The second-order valence-corrected chi connectivity index (χ2v) is 5.22. The average molecular weight is 275 g/mol. The minimum Gasteiger partial charge on any atom is -0.473 e. The minimum atomic E-state index is 0.258. The molecular formula is C14H21N5O. The molecule has 20 heavy (non-hydrogen) atoms. The van der Waals surface area contributed by atoms with Crippen LogP contribution in [0.25, 0.3) is 11.2 Å². The molecule has 0 aromatic carbocycles. The molecular weight excluding hydrogens is 254 g/mol. The maximum Gasteiger partial charge on any atom is 0.245 e. The molecule has 0 saturated heterocycles. The van der Waals surface area contributed by atoms with Crippen molar-refractivity contribution in [3.05, 3.63) is 6.33 Å². The predicted octanol–water partition coefficient (Wildman–Crippen LogP) is 2.89. The van der Waals surface area contributed by atoms with Crippen LogP contribution in [0.15, 0.2) is 6.33 Å². The summed E-state index contributed by atoms with van der Waals surface area (Å²) in [7, 11) is 0. The number of anilines is 1. The summed E-state index contributed by atoms with van der Waals surface area (Å²) in [5.41, 5.74) is 1.44. The van der Waals surface area contributed by atoms with Crippen LogP contribution in [0.2, 0.25) is 0 Å². The topological polar surface area (TPSA) is 75.7 Å². The third kappa shape index (κ3) is 2.84. The summed E-state index contributed by atoms with van der Waals surface area (Å²) in [5.74, 6) is 1.20.